The number of rotatable bonds is 11. The third kappa shape index (κ3) is 7.26. The minimum atomic E-state index is -0.769. The Balaban J connectivity index is 2.22. The van der Waals surface area contributed by atoms with Crippen molar-refractivity contribution in [2.45, 2.75) is 52.3 Å². The summed E-state index contributed by atoms with van der Waals surface area (Å²) in [5.74, 6) is -0.728. The summed E-state index contributed by atoms with van der Waals surface area (Å²) < 4.78 is 18.8. The van der Waals surface area contributed by atoms with Crippen LogP contribution in [0.15, 0.2) is 54.6 Å². The second-order valence-electron chi connectivity index (χ2n) is 7.38. The summed E-state index contributed by atoms with van der Waals surface area (Å²) in [6.45, 7) is 6.93. The number of carbonyl (C=O) groups is 2. The van der Waals surface area contributed by atoms with Crippen LogP contribution in [0.2, 0.25) is 0 Å². The van der Waals surface area contributed by atoms with Gasteiger partial charge < -0.3 is 15.0 Å². The summed E-state index contributed by atoms with van der Waals surface area (Å²) in [5, 5.41) is 2.94. The Morgan fingerprint density at radius 1 is 1.07 bits per heavy atom. The van der Waals surface area contributed by atoms with E-state index in [1.54, 1.807) is 24.0 Å². The lowest BCUT2D eigenvalue weighted by atomic mass is 10.0. The van der Waals surface area contributed by atoms with Crippen molar-refractivity contribution < 1.29 is 18.7 Å². The molecule has 0 radical (unpaired) electrons. The van der Waals surface area contributed by atoms with Gasteiger partial charge >= 0.3 is 0 Å². The maximum Gasteiger partial charge on any atom is 0.247 e. The number of amides is 2. The average molecular weight is 415 g/mol. The molecule has 1 unspecified atom stereocenters. The first kappa shape index (κ1) is 23.5. The topological polar surface area (TPSA) is 58.6 Å². The van der Waals surface area contributed by atoms with Gasteiger partial charge in [0.05, 0.1) is 6.10 Å². The third-order valence-electron chi connectivity index (χ3n) is 4.64. The predicted octanol–water partition coefficient (Wildman–Crippen LogP) is 4.24. The molecule has 0 bridgehead atoms. The van der Waals surface area contributed by atoms with E-state index in [1.807, 2.05) is 44.2 Å². The normalized spacial score (nSPS) is 11.9. The molecule has 0 spiro atoms. The van der Waals surface area contributed by atoms with E-state index in [2.05, 4.69) is 5.32 Å². The summed E-state index contributed by atoms with van der Waals surface area (Å²) in [5.41, 5.74) is 1.50. The van der Waals surface area contributed by atoms with Crippen molar-refractivity contribution in [2.24, 2.45) is 0 Å². The second-order valence-corrected chi connectivity index (χ2v) is 7.38. The monoisotopic (exact) mass is 414 g/mol. The molecule has 162 valence electrons. The Morgan fingerprint density at radius 2 is 1.73 bits per heavy atom. The lowest BCUT2D eigenvalue weighted by Gasteiger charge is -2.31. The van der Waals surface area contributed by atoms with Gasteiger partial charge in [-0.3, -0.25) is 9.59 Å². The van der Waals surface area contributed by atoms with E-state index in [0.717, 1.165) is 11.1 Å². The SMILES string of the molecule is CCC(=O)N(Cc1ccc(F)cc1)C(C(=O)NCCCOC(C)C)c1ccccc1. The van der Waals surface area contributed by atoms with Crippen LogP contribution >= 0.6 is 0 Å². The van der Waals surface area contributed by atoms with Gasteiger partial charge in [0.1, 0.15) is 11.9 Å². The minimum Gasteiger partial charge on any atom is -0.379 e. The Bertz CT molecular complexity index is 794. The standard InChI is InChI=1S/C24H31FN2O3/c1-4-22(28)27(17-19-11-13-21(25)14-12-19)23(20-9-6-5-7-10-20)24(29)26-15-8-16-30-18(2)3/h5-7,9-14,18,23H,4,8,15-17H2,1-3H3,(H,26,29). The van der Waals surface area contributed by atoms with Crippen molar-refractivity contribution in [3.8, 4) is 0 Å². The molecule has 1 N–H and O–H groups in total. The fourth-order valence-electron chi connectivity index (χ4n) is 3.12. The van der Waals surface area contributed by atoms with E-state index in [4.69, 9.17) is 4.74 Å². The van der Waals surface area contributed by atoms with Crippen molar-refractivity contribution >= 4 is 11.8 Å². The highest BCUT2D eigenvalue weighted by atomic mass is 19.1. The Kier molecular flexibility index (Phi) is 9.48. The van der Waals surface area contributed by atoms with E-state index >= 15 is 0 Å². The van der Waals surface area contributed by atoms with Gasteiger partial charge in [-0.25, -0.2) is 4.39 Å². The molecule has 2 aromatic rings. The third-order valence-corrected chi connectivity index (χ3v) is 4.64. The molecule has 0 saturated heterocycles. The lowest BCUT2D eigenvalue weighted by molar-refractivity contribution is -0.141. The quantitative estimate of drug-likeness (QED) is 0.560. The lowest BCUT2D eigenvalue weighted by Crippen LogP contribution is -2.43. The zero-order chi connectivity index (χ0) is 21.9. The van der Waals surface area contributed by atoms with E-state index in [-0.39, 0.29) is 36.7 Å². The van der Waals surface area contributed by atoms with Gasteiger partial charge in [-0.15, -0.1) is 0 Å². The van der Waals surface area contributed by atoms with E-state index in [0.29, 0.717) is 19.6 Å². The van der Waals surface area contributed by atoms with Crippen LogP contribution in [0.1, 0.15) is 50.8 Å². The van der Waals surface area contributed by atoms with Gasteiger partial charge in [-0.2, -0.15) is 0 Å². The summed E-state index contributed by atoms with van der Waals surface area (Å²) in [4.78, 5) is 27.5. The Morgan fingerprint density at radius 3 is 2.33 bits per heavy atom. The number of carbonyl (C=O) groups excluding carboxylic acids is 2. The van der Waals surface area contributed by atoms with Crippen molar-refractivity contribution in [2.75, 3.05) is 13.2 Å². The van der Waals surface area contributed by atoms with Crippen molar-refractivity contribution in [3.05, 3.63) is 71.5 Å². The maximum atomic E-state index is 13.3. The molecular weight excluding hydrogens is 383 g/mol. The molecule has 0 aliphatic carbocycles. The highest BCUT2D eigenvalue weighted by molar-refractivity contribution is 5.88. The highest BCUT2D eigenvalue weighted by Crippen LogP contribution is 2.24. The first-order chi connectivity index (χ1) is 14.4. The average Bonchev–Trinajstić information content (AvgIpc) is 2.74. The van der Waals surface area contributed by atoms with Crippen molar-refractivity contribution in [1.29, 1.82) is 0 Å². The van der Waals surface area contributed by atoms with Gasteiger partial charge in [-0.1, -0.05) is 49.4 Å². The molecule has 0 saturated carbocycles. The Labute approximate surface area is 178 Å². The molecule has 6 heteroatoms. The number of hydrogen-bond acceptors (Lipinski definition) is 3. The number of halogens is 1. The molecule has 0 heterocycles. The summed E-state index contributed by atoms with van der Waals surface area (Å²) >= 11 is 0. The largest absolute Gasteiger partial charge is 0.379 e. The van der Waals surface area contributed by atoms with Crippen LogP contribution in [0.25, 0.3) is 0 Å². The van der Waals surface area contributed by atoms with E-state index < -0.39 is 6.04 Å². The summed E-state index contributed by atoms with van der Waals surface area (Å²) in [6.07, 6.45) is 1.09. The highest BCUT2D eigenvalue weighted by Gasteiger charge is 2.30. The number of nitrogens with zero attached hydrogens (tertiary/aromatic N) is 1. The van der Waals surface area contributed by atoms with Crippen LogP contribution in [-0.4, -0.2) is 36.0 Å². The van der Waals surface area contributed by atoms with Crippen molar-refractivity contribution in [1.82, 2.24) is 10.2 Å². The predicted molar refractivity (Wildman–Crippen MR) is 115 cm³/mol. The van der Waals surface area contributed by atoms with Crippen LogP contribution in [0.4, 0.5) is 4.39 Å². The molecule has 1 atom stereocenters. The maximum absolute atomic E-state index is 13.3. The first-order valence-electron chi connectivity index (χ1n) is 10.4. The van der Waals surface area contributed by atoms with Crippen LogP contribution in [-0.2, 0) is 20.9 Å². The molecule has 5 nitrogen and oxygen atoms in total. The number of nitrogens with one attached hydrogen (secondary N) is 1. The number of hydrogen-bond donors (Lipinski definition) is 1. The smallest absolute Gasteiger partial charge is 0.247 e. The van der Waals surface area contributed by atoms with Gasteiger partial charge in [0, 0.05) is 26.1 Å². The zero-order valence-corrected chi connectivity index (χ0v) is 17.9. The van der Waals surface area contributed by atoms with Crippen LogP contribution in [0.3, 0.4) is 0 Å². The number of ether oxygens (including phenoxy) is 1. The van der Waals surface area contributed by atoms with Crippen LogP contribution in [0, 0.1) is 5.82 Å². The van der Waals surface area contributed by atoms with E-state index in [1.165, 1.54) is 12.1 Å². The first-order valence-corrected chi connectivity index (χ1v) is 10.4. The molecule has 2 amide bonds. The second kappa shape index (κ2) is 12.1. The fourth-order valence-corrected chi connectivity index (χ4v) is 3.12. The molecule has 30 heavy (non-hydrogen) atoms. The van der Waals surface area contributed by atoms with Crippen LogP contribution in [0.5, 0.6) is 0 Å². The van der Waals surface area contributed by atoms with Crippen LogP contribution < -0.4 is 5.32 Å². The Hall–Kier alpha value is -2.73. The van der Waals surface area contributed by atoms with Crippen molar-refractivity contribution in [3.63, 3.8) is 0 Å². The molecule has 0 aliphatic rings. The molecular formula is C24H31FN2O3. The fraction of sp³-hybridized carbons (Fsp3) is 0.417. The van der Waals surface area contributed by atoms with Gasteiger partial charge in [0.25, 0.3) is 0 Å². The van der Waals surface area contributed by atoms with E-state index in [9.17, 15) is 14.0 Å². The molecule has 0 aromatic heterocycles. The van der Waals surface area contributed by atoms with Gasteiger partial charge in [-0.05, 0) is 43.5 Å². The van der Waals surface area contributed by atoms with Gasteiger partial charge in [0.2, 0.25) is 11.8 Å². The zero-order valence-electron chi connectivity index (χ0n) is 17.9. The summed E-state index contributed by atoms with van der Waals surface area (Å²) in [7, 11) is 0. The molecule has 2 aromatic carbocycles. The number of benzene rings is 2. The molecule has 0 aliphatic heterocycles. The molecule has 2 rings (SSSR count). The minimum absolute atomic E-state index is 0.145. The van der Waals surface area contributed by atoms with Gasteiger partial charge in [0.15, 0.2) is 0 Å². The molecule has 0 fully saturated rings. The summed E-state index contributed by atoms with van der Waals surface area (Å²) in [6, 6.07) is 14.5.